The van der Waals surface area contributed by atoms with Gasteiger partial charge in [0.05, 0.1) is 16.6 Å². The zero-order chi connectivity index (χ0) is 16.1. The van der Waals surface area contributed by atoms with Crippen LogP contribution in [0.5, 0.6) is 5.75 Å². The summed E-state index contributed by atoms with van der Waals surface area (Å²) in [6.07, 6.45) is 0. The molecule has 0 unspecified atom stereocenters. The summed E-state index contributed by atoms with van der Waals surface area (Å²) >= 11 is 0. The summed E-state index contributed by atoms with van der Waals surface area (Å²) in [6.45, 7) is 0. The number of rotatable bonds is 1. The van der Waals surface area contributed by atoms with E-state index in [1.807, 2.05) is 42.5 Å². The maximum Gasteiger partial charge on any atom is 0.138 e. The van der Waals surface area contributed by atoms with E-state index in [9.17, 15) is 5.11 Å². The van der Waals surface area contributed by atoms with Gasteiger partial charge < -0.3 is 5.11 Å². The number of phenolic OH excluding ortho intramolecular Hbond substituents is 1. The Labute approximate surface area is 138 Å². The average Bonchev–Trinajstić information content (AvgIpc) is 2.94. The van der Waals surface area contributed by atoms with Crippen molar-refractivity contribution in [2.75, 3.05) is 0 Å². The van der Waals surface area contributed by atoms with Gasteiger partial charge in [-0.15, -0.1) is 0 Å². The monoisotopic (exact) mass is 310 g/mol. The van der Waals surface area contributed by atoms with Gasteiger partial charge in [0.1, 0.15) is 11.6 Å². The number of phenols is 1. The lowest BCUT2D eigenvalue weighted by Gasteiger charge is -2.08. The van der Waals surface area contributed by atoms with Crippen LogP contribution < -0.4 is 0 Å². The van der Waals surface area contributed by atoms with E-state index in [1.165, 1.54) is 0 Å². The highest BCUT2D eigenvalue weighted by atomic mass is 16.3. The molecule has 0 spiro atoms. The molecule has 0 atom stereocenters. The van der Waals surface area contributed by atoms with Crippen LogP contribution >= 0.6 is 0 Å². The van der Waals surface area contributed by atoms with Gasteiger partial charge >= 0.3 is 0 Å². The first-order chi connectivity index (χ1) is 11.8. The molecule has 1 N–H and O–H groups in total. The number of pyridine rings is 1. The molecule has 0 saturated carbocycles. The number of para-hydroxylation sites is 2. The lowest BCUT2D eigenvalue weighted by molar-refractivity contribution is 0.476. The normalized spacial score (nSPS) is 11.5. The zero-order valence-corrected chi connectivity index (χ0v) is 12.8. The molecule has 0 aliphatic rings. The Balaban J connectivity index is 1.93. The number of hydrogen-bond acceptors (Lipinski definition) is 2. The molecule has 0 amide bonds. The molecule has 0 bridgehead atoms. The zero-order valence-electron chi connectivity index (χ0n) is 12.8. The molecule has 3 aromatic carbocycles. The predicted molar refractivity (Wildman–Crippen MR) is 97.7 cm³/mol. The lowest BCUT2D eigenvalue weighted by atomic mass is 10.1. The summed E-state index contributed by atoms with van der Waals surface area (Å²) in [6, 6.07) is 25.9. The Hall–Kier alpha value is -3.33. The van der Waals surface area contributed by atoms with E-state index in [0.717, 1.165) is 38.5 Å². The molecule has 0 aliphatic heterocycles. The molecule has 2 heterocycles. The minimum Gasteiger partial charge on any atom is -0.508 e. The van der Waals surface area contributed by atoms with Gasteiger partial charge in [-0.3, -0.25) is 4.57 Å². The van der Waals surface area contributed by atoms with Crippen molar-refractivity contribution in [2.45, 2.75) is 0 Å². The Kier molecular flexibility index (Phi) is 2.65. The molecule has 2 aromatic heterocycles. The molecule has 0 fully saturated rings. The van der Waals surface area contributed by atoms with Gasteiger partial charge in [-0.25, -0.2) is 4.98 Å². The smallest absolute Gasteiger partial charge is 0.138 e. The first kappa shape index (κ1) is 13.1. The number of aromatic nitrogens is 2. The second kappa shape index (κ2) is 4.83. The van der Waals surface area contributed by atoms with Crippen LogP contribution in [0.15, 0.2) is 78.9 Å². The Morgan fingerprint density at radius 1 is 0.708 bits per heavy atom. The lowest BCUT2D eigenvalue weighted by Crippen LogP contribution is -1.97. The van der Waals surface area contributed by atoms with Gasteiger partial charge in [-0.05, 0) is 36.4 Å². The molecule has 114 valence electrons. The summed E-state index contributed by atoms with van der Waals surface area (Å²) in [7, 11) is 0. The van der Waals surface area contributed by atoms with Crippen molar-refractivity contribution in [3.8, 4) is 11.6 Å². The molecule has 3 nitrogen and oxygen atoms in total. The maximum absolute atomic E-state index is 9.96. The number of hydrogen-bond donors (Lipinski definition) is 1. The van der Waals surface area contributed by atoms with E-state index < -0.39 is 0 Å². The van der Waals surface area contributed by atoms with Gasteiger partial charge in [-0.2, -0.15) is 0 Å². The largest absolute Gasteiger partial charge is 0.508 e. The van der Waals surface area contributed by atoms with E-state index in [-0.39, 0.29) is 5.75 Å². The van der Waals surface area contributed by atoms with Crippen molar-refractivity contribution in [3.05, 3.63) is 78.9 Å². The fourth-order valence-corrected chi connectivity index (χ4v) is 3.39. The van der Waals surface area contributed by atoms with Crippen LogP contribution in [0.25, 0.3) is 38.5 Å². The summed E-state index contributed by atoms with van der Waals surface area (Å²) < 4.78 is 2.11. The maximum atomic E-state index is 9.96. The topological polar surface area (TPSA) is 38.0 Å². The third kappa shape index (κ3) is 1.82. The third-order valence-electron chi connectivity index (χ3n) is 4.47. The van der Waals surface area contributed by atoms with Crippen molar-refractivity contribution in [2.24, 2.45) is 0 Å². The fraction of sp³-hybridized carbons (Fsp3) is 0. The highest BCUT2D eigenvalue weighted by Crippen LogP contribution is 2.33. The van der Waals surface area contributed by atoms with Crippen molar-refractivity contribution in [1.82, 2.24) is 9.55 Å². The van der Waals surface area contributed by atoms with Gasteiger partial charge in [0, 0.05) is 22.2 Å². The van der Waals surface area contributed by atoms with Gasteiger partial charge in [0.2, 0.25) is 0 Å². The van der Waals surface area contributed by atoms with E-state index in [2.05, 4.69) is 28.8 Å². The quantitative estimate of drug-likeness (QED) is 0.471. The summed E-state index contributed by atoms with van der Waals surface area (Å²) in [5.41, 5.74) is 3.00. The van der Waals surface area contributed by atoms with Crippen molar-refractivity contribution < 1.29 is 5.11 Å². The van der Waals surface area contributed by atoms with E-state index >= 15 is 0 Å². The van der Waals surface area contributed by atoms with Crippen LogP contribution in [0, 0.1) is 0 Å². The average molecular weight is 310 g/mol. The molecule has 0 saturated heterocycles. The standard InChI is InChI=1S/C21H14N2O/c24-15-10-11-17-16-6-2-4-8-19(16)23(20(17)13-15)21-12-9-14-5-1-3-7-18(14)22-21/h1-13,24H. The predicted octanol–water partition coefficient (Wildman–Crippen LogP) is 5.04. The molecular weight excluding hydrogens is 296 g/mol. The molecule has 3 heteroatoms. The second-order valence-electron chi connectivity index (χ2n) is 5.92. The van der Waals surface area contributed by atoms with E-state index in [1.54, 1.807) is 12.1 Å². The van der Waals surface area contributed by atoms with E-state index in [4.69, 9.17) is 4.98 Å². The minimum absolute atomic E-state index is 0.257. The summed E-state index contributed by atoms with van der Waals surface area (Å²) in [5.74, 6) is 1.11. The van der Waals surface area contributed by atoms with Crippen LogP contribution in [0.2, 0.25) is 0 Å². The van der Waals surface area contributed by atoms with Crippen LogP contribution in [0.1, 0.15) is 0 Å². The van der Waals surface area contributed by atoms with Gasteiger partial charge in [-0.1, -0.05) is 36.4 Å². The molecule has 5 rings (SSSR count). The van der Waals surface area contributed by atoms with Crippen LogP contribution in [-0.2, 0) is 0 Å². The van der Waals surface area contributed by atoms with Crippen LogP contribution in [0.3, 0.4) is 0 Å². The Morgan fingerprint density at radius 3 is 2.46 bits per heavy atom. The third-order valence-corrected chi connectivity index (χ3v) is 4.47. The van der Waals surface area contributed by atoms with Crippen molar-refractivity contribution >= 4 is 32.7 Å². The number of benzene rings is 3. The molecule has 0 radical (unpaired) electrons. The minimum atomic E-state index is 0.257. The van der Waals surface area contributed by atoms with E-state index in [0.29, 0.717) is 0 Å². The Bertz CT molecular complexity index is 1220. The van der Waals surface area contributed by atoms with Crippen LogP contribution in [0.4, 0.5) is 0 Å². The summed E-state index contributed by atoms with van der Waals surface area (Å²) in [5, 5.41) is 13.3. The first-order valence-electron chi connectivity index (χ1n) is 7.90. The first-order valence-corrected chi connectivity index (χ1v) is 7.90. The van der Waals surface area contributed by atoms with Gasteiger partial charge in [0.25, 0.3) is 0 Å². The van der Waals surface area contributed by atoms with Crippen LogP contribution in [-0.4, -0.2) is 14.7 Å². The van der Waals surface area contributed by atoms with Crippen molar-refractivity contribution in [1.29, 1.82) is 0 Å². The molecular formula is C21H14N2O. The SMILES string of the molecule is Oc1ccc2c3ccccc3n(-c3ccc4ccccc4n3)c2c1. The molecule has 0 aliphatic carbocycles. The highest BCUT2D eigenvalue weighted by Gasteiger charge is 2.13. The second-order valence-corrected chi connectivity index (χ2v) is 5.92. The Morgan fingerprint density at radius 2 is 1.50 bits per heavy atom. The fourth-order valence-electron chi connectivity index (χ4n) is 3.39. The van der Waals surface area contributed by atoms with Gasteiger partial charge in [0.15, 0.2) is 0 Å². The number of aromatic hydroxyl groups is 1. The molecule has 24 heavy (non-hydrogen) atoms. The number of fused-ring (bicyclic) bond motifs is 4. The summed E-state index contributed by atoms with van der Waals surface area (Å²) in [4.78, 5) is 4.83. The van der Waals surface area contributed by atoms with Crippen molar-refractivity contribution in [3.63, 3.8) is 0 Å². The molecule has 5 aromatic rings. The number of nitrogens with zero attached hydrogens (tertiary/aromatic N) is 2. The highest BCUT2D eigenvalue weighted by molar-refractivity contribution is 6.09.